The van der Waals surface area contributed by atoms with Crippen molar-refractivity contribution in [2.45, 2.75) is 6.54 Å². The molecular formula is C17H17N5O4. The standard InChI is InChI=1S/C17H17N5O4/c1-18-15-8-14(3-5-16(15)22(23)24)26-17-6-4-13(25-2)7-12(17)9-21-11-19-10-20-21/h3-8,10-11,18H,9H2,1-2H3. The molecule has 0 unspecified atom stereocenters. The van der Waals surface area contributed by atoms with Gasteiger partial charge < -0.3 is 14.8 Å². The molecule has 26 heavy (non-hydrogen) atoms. The highest BCUT2D eigenvalue weighted by atomic mass is 16.6. The van der Waals surface area contributed by atoms with Gasteiger partial charge in [0.2, 0.25) is 0 Å². The van der Waals surface area contributed by atoms with Gasteiger partial charge in [0.05, 0.1) is 18.6 Å². The number of nitrogens with zero attached hydrogens (tertiary/aromatic N) is 4. The molecule has 0 fully saturated rings. The van der Waals surface area contributed by atoms with Crippen LogP contribution in [-0.2, 0) is 6.54 Å². The van der Waals surface area contributed by atoms with Crippen molar-refractivity contribution in [2.75, 3.05) is 19.5 Å². The number of aromatic nitrogens is 3. The van der Waals surface area contributed by atoms with Crippen molar-refractivity contribution >= 4 is 11.4 Å². The van der Waals surface area contributed by atoms with E-state index in [0.717, 1.165) is 5.56 Å². The van der Waals surface area contributed by atoms with Gasteiger partial charge in [-0.15, -0.1) is 0 Å². The molecule has 3 rings (SSSR count). The van der Waals surface area contributed by atoms with E-state index in [2.05, 4.69) is 15.4 Å². The molecule has 9 heteroatoms. The van der Waals surface area contributed by atoms with E-state index in [1.807, 2.05) is 6.07 Å². The second kappa shape index (κ2) is 7.51. The van der Waals surface area contributed by atoms with E-state index in [0.29, 0.717) is 29.5 Å². The Hall–Kier alpha value is -3.62. The minimum atomic E-state index is -0.445. The van der Waals surface area contributed by atoms with Crippen LogP contribution in [0.15, 0.2) is 49.1 Å². The average molecular weight is 355 g/mol. The molecule has 9 nitrogen and oxygen atoms in total. The number of ether oxygens (including phenoxy) is 2. The van der Waals surface area contributed by atoms with Gasteiger partial charge >= 0.3 is 0 Å². The van der Waals surface area contributed by atoms with Crippen LogP contribution in [-0.4, -0.2) is 33.8 Å². The fourth-order valence-corrected chi connectivity index (χ4v) is 2.46. The first-order valence-electron chi connectivity index (χ1n) is 7.74. The summed E-state index contributed by atoms with van der Waals surface area (Å²) in [5, 5.41) is 18.0. The van der Waals surface area contributed by atoms with Gasteiger partial charge in [0.15, 0.2) is 0 Å². The smallest absolute Gasteiger partial charge is 0.292 e. The molecule has 3 aromatic rings. The van der Waals surface area contributed by atoms with E-state index in [1.54, 1.807) is 49.4 Å². The number of methoxy groups -OCH3 is 1. The Labute approximate surface area is 149 Å². The van der Waals surface area contributed by atoms with Crippen LogP contribution in [0.4, 0.5) is 11.4 Å². The molecule has 0 saturated heterocycles. The molecule has 0 aliphatic heterocycles. The Balaban J connectivity index is 1.92. The summed E-state index contributed by atoms with van der Waals surface area (Å²) >= 11 is 0. The Bertz CT molecular complexity index is 912. The summed E-state index contributed by atoms with van der Waals surface area (Å²) in [6.45, 7) is 0.443. The normalized spacial score (nSPS) is 10.4. The summed E-state index contributed by atoms with van der Waals surface area (Å²) in [5.41, 5.74) is 1.19. The van der Waals surface area contributed by atoms with Crippen molar-refractivity contribution in [3.8, 4) is 17.2 Å². The minimum Gasteiger partial charge on any atom is -0.497 e. The molecule has 0 amide bonds. The lowest BCUT2D eigenvalue weighted by atomic mass is 10.2. The lowest BCUT2D eigenvalue weighted by Crippen LogP contribution is -2.03. The monoisotopic (exact) mass is 355 g/mol. The van der Waals surface area contributed by atoms with E-state index in [1.165, 1.54) is 12.4 Å². The number of rotatable bonds is 7. The number of hydrogen-bond acceptors (Lipinski definition) is 7. The van der Waals surface area contributed by atoms with Crippen molar-refractivity contribution in [1.29, 1.82) is 0 Å². The van der Waals surface area contributed by atoms with Gasteiger partial charge in [-0.2, -0.15) is 5.10 Å². The van der Waals surface area contributed by atoms with E-state index in [-0.39, 0.29) is 5.69 Å². The first-order valence-corrected chi connectivity index (χ1v) is 7.74. The summed E-state index contributed by atoms with van der Waals surface area (Å²) in [5.74, 6) is 1.76. The van der Waals surface area contributed by atoms with Crippen LogP contribution in [0.3, 0.4) is 0 Å². The zero-order chi connectivity index (χ0) is 18.5. The number of nitrogens with one attached hydrogen (secondary N) is 1. The molecule has 1 heterocycles. The molecule has 0 aliphatic carbocycles. The van der Waals surface area contributed by atoms with Crippen LogP contribution in [0.5, 0.6) is 17.2 Å². The molecule has 1 N–H and O–H groups in total. The third-order valence-corrected chi connectivity index (χ3v) is 3.73. The van der Waals surface area contributed by atoms with Crippen molar-refractivity contribution in [2.24, 2.45) is 0 Å². The zero-order valence-corrected chi connectivity index (χ0v) is 14.2. The maximum atomic E-state index is 11.0. The second-order valence-electron chi connectivity index (χ2n) is 5.35. The van der Waals surface area contributed by atoms with E-state index in [9.17, 15) is 10.1 Å². The number of anilines is 1. The molecule has 0 atom stereocenters. The quantitative estimate of drug-likeness (QED) is 0.513. The van der Waals surface area contributed by atoms with Crippen LogP contribution < -0.4 is 14.8 Å². The lowest BCUT2D eigenvalue weighted by molar-refractivity contribution is -0.384. The predicted molar refractivity (Wildman–Crippen MR) is 94.8 cm³/mol. The maximum Gasteiger partial charge on any atom is 0.292 e. The molecule has 0 radical (unpaired) electrons. The van der Waals surface area contributed by atoms with Crippen LogP contribution in [0, 0.1) is 10.1 Å². The number of benzene rings is 2. The van der Waals surface area contributed by atoms with E-state index in [4.69, 9.17) is 9.47 Å². The largest absolute Gasteiger partial charge is 0.497 e. The van der Waals surface area contributed by atoms with Gasteiger partial charge in [0.25, 0.3) is 5.69 Å². The summed E-state index contributed by atoms with van der Waals surface area (Å²) < 4.78 is 12.9. The molecular weight excluding hydrogens is 338 g/mol. The highest BCUT2D eigenvalue weighted by Crippen LogP contribution is 2.33. The van der Waals surface area contributed by atoms with Crippen molar-refractivity contribution < 1.29 is 14.4 Å². The Morgan fingerprint density at radius 3 is 2.69 bits per heavy atom. The summed E-state index contributed by atoms with van der Waals surface area (Å²) in [6, 6.07) is 9.96. The van der Waals surface area contributed by atoms with Crippen LogP contribution in [0.25, 0.3) is 0 Å². The van der Waals surface area contributed by atoms with Gasteiger partial charge in [-0.1, -0.05) is 0 Å². The van der Waals surface area contributed by atoms with Gasteiger partial charge in [-0.25, -0.2) is 9.67 Å². The highest BCUT2D eigenvalue weighted by molar-refractivity contribution is 5.64. The summed E-state index contributed by atoms with van der Waals surface area (Å²) in [6.07, 6.45) is 3.06. The molecule has 134 valence electrons. The van der Waals surface area contributed by atoms with Crippen LogP contribution >= 0.6 is 0 Å². The first-order chi connectivity index (χ1) is 12.6. The molecule has 0 saturated carbocycles. The van der Waals surface area contributed by atoms with Crippen molar-refractivity contribution in [1.82, 2.24) is 14.8 Å². The Kier molecular flexibility index (Phi) is 4.97. The fraction of sp³-hybridized carbons (Fsp3) is 0.176. The van der Waals surface area contributed by atoms with Crippen LogP contribution in [0.2, 0.25) is 0 Å². The molecule has 2 aromatic carbocycles. The third-order valence-electron chi connectivity index (χ3n) is 3.73. The fourth-order valence-electron chi connectivity index (χ4n) is 2.46. The SMILES string of the molecule is CNc1cc(Oc2ccc(OC)cc2Cn2cncn2)ccc1[N+](=O)[O-]. The zero-order valence-electron chi connectivity index (χ0n) is 14.2. The minimum absolute atomic E-state index is 0.0163. The van der Waals surface area contributed by atoms with E-state index < -0.39 is 4.92 Å². The highest BCUT2D eigenvalue weighted by Gasteiger charge is 2.15. The number of hydrogen-bond donors (Lipinski definition) is 1. The van der Waals surface area contributed by atoms with E-state index >= 15 is 0 Å². The van der Waals surface area contributed by atoms with Gasteiger partial charge in [0.1, 0.15) is 35.6 Å². The van der Waals surface area contributed by atoms with Gasteiger partial charge in [0, 0.05) is 24.7 Å². The Morgan fingerprint density at radius 2 is 2.04 bits per heavy atom. The molecule has 1 aromatic heterocycles. The van der Waals surface area contributed by atoms with Gasteiger partial charge in [-0.05, 0) is 24.3 Å². The van der Waals surface area contributed by atoms with Crippen molar-refractivity contribution in [3.63, 3.8) is 0 Å². The average Bonchev–Trinajstić information content (AvgIpc) is 3.15. The second-order valence-corrected chi connectivity index (χ2v) is 5.35. The molecule has 0 bridgehead atoms. The molecule has 0 aliphatic rings. The summed E-state index contributed by atoms with van der Waals surface area (Å²) in [4.78, 5) is 14.5. The first kappa shape index (κ1) is 17.2. The summed E-state index contributed by atoms with van der Waals surface area (Å²) in [7, 11) is 3.21. The predicted octanol–water partition coefficient (Wildman–Crippen LogP) is 3.08. The maximum absolute atomic E-state index is 11.0. The topological polar surface area (TPSA) is 104 Å². The third kappa shape index (κ3) is 3.72. The lowest BCUT2D eigenvalue weighted by Gasteiger charge is -2.13. The Morgan fingerprint density at radius 1 is 1.23 bits per heavy atom. The number of nitro benzene ring substituents is 1. The van der Waals surface area contributed by atoms with Crippen molar-refractivity contribution in [3.05, 3.63) is 64.7 Å². The van der Waals surface area contributed by atoms with Crippen LogP contribution in [0.1, 0.15) is 5.56 Å². The van der Waals surface area contributed by atoms with Gasteiger partial charge in [-0.3, -0.25) is 10.1 Å². The number of nitro groups is 1. The molecule has 0 spiro atoms.